The highest BCUT2D eigenvalue weighted by Crippen LogP contribution is 2.10. The molecule has 0 fully saturated rings. The van der Waals surface area contributed by atoms with Crippen LogP contribution in [0.5, 0.6) is 0 Å². The molecule has 0 unspecified atom stereocenters. The summed E-state index contributed by atoms with van der Waals surface area (Å²) in [4.78, 5) is 0. The number of nitrogens with zero attached hydrogens (tertiary/aromatic N) is 1. The van der Waals surface area contributed by atoms with Crippen molar-refractivity contribution >= 4 is 35.1 Å². The monoisotopic (exact) mass is 203 g/mol. The molecule has 0 saturated carbocycles. The van der Waals surface area contributed by atoms with Crippen LogP contribution in [0.1, 0.15) is 5.76 Å². The van der Waals surface area contributed by atoms with Gasteiger partial charge in [-0.15, -0.1) is 0 Å². The van der Waals surface area contributed by atoms with Gasteiger partial charge in [0.15, 0.2) is 10.3 Å². The smallest absolute Gasteiger partial charge is 0.193 e. The number of rotatable bonds is 2. The fourth-order valence-electron chi connectivity index (χ4n) is 0.557. The second-order valence-corrected chi connectivity index (χ2v) is 2.69. The highest BCUT2D eigenvalue weighted by molar-refractivity contribution is 7.80. The molecule has 1 rings (SSSR count). The normalized spacial score (nSPS) is 10.4. The van der Waals surface area contributed by atoms with Gasteiger partial charge in [-0.2, -0.15) is 5.10 Å². The van der Waals surface area contributed by atoms with Gasteiger partial charge in [0.25, 0.3) is 0 Å². The molecular weight excluding hydrogens is 198 g/mol. The Morgan fingerprint density at radius 3 is 3.00 bits per heavy atom. The predicted octanol–water partition coefficient (Wildman–Crippen LogP) is 1.10. The number of furan rings is 1. The maximum Gasteiger partial charge on any atom is 0.193 e. The van der Waals surface area contributed by atoms with Gasteiger partial charge < -0.3 is 10.2 Å². The molecule has 0 aromatic carbocycles. The topological polar surface area (TPSA) is 63.5 Å². The van der Waals surface area contributed by atoms with Crippen molar-refractivity contribution in [3.63, 3.8) is 0 Å². The van der Waals surface area contributed by atoms with Crippen LogP contribution in [0.2, 0.25) is 5.22 Å². The van der Waals surface area contributed by atoms with Gasteiger partial charge >= 0.3 is 0 Å². The highest BCUT2D eigenvalue weighted by atomic mass is 35.5. The van der Waals surface area contributed by atoms with E-state index in [4.69, 9.17) is 21.8 Å². The third-order valence-electron chi connectivity index (χ3n) is 0.961. The molecule has 0 amide bonds. The molecule has 0 bridgehead atoms. The summed E-state index contributed by atoms with van der Waals surface area (Å²) in [6.45, 7) is 0. The van der Waals surface area contributed by atoms with E-state index in [1.165, 1.54) is 6.21 Å². The van der Waals surface area contributed by atoms with Gasteiger partial charge in [0.2, 0.25) is 0 Å². The van der Waals surface area contributed by atoms with Crippen molar-refractivity contribution in [2.45, 2.75) is 0 Å². The van der Waals surface area contributed by atoms with Crippen LogP contribution in [-0.4, -0.2) is 11.3 Å². The standard InChI is InChI=1S/C6H6ClN3OS/c7-5-2-1-4(11-5)3-9-10-6(8)12/h1-3H,(H3,8,10,12). The fraction of sp³-hybridized carbons (Fsp3) is 0. The summed E-state index contributed by atoms with van der Waals surface area (Å²) in [5, 5.41) is 4.07. The van der Waals surface area contributed by atoms with E-state index in [0.717, 1.165) is 0 Å². The summed E-state index contributed by atoms with van der Waals surface area (Å²) in [5.74, 6) is 0.531. The number of nitrogens with one attached hydrogen (secondary N) is 1. The lowest BCUT2D eigenvalue weighted by molar-refractivity contribution is 0.562. The lowest BCUT2D eigenvalue weighted by Gasteiger charge is -1.91. The van der Waals surface area contributed by atoms with Crippen LogP contribution in [0.3, 0.4) is 0 Å². The SMILES string of the molecule is NC(=S)NN=Cc1ccc(Cl)o1. The van der Waals surface area contributed by atoms with Gasteiger partial charge in [-0.3, -0.25) is 5.43 Å². The van der Waals surface area contributed by atoms with Crippen molar-refractivity contribution in [3.05, 3.63) is 23.1 Å². The van der Waals surface area contributed by atoms with Crippen LogP contribution in [-0.2, 0) is 0 Å². The van der Waals surface area contributed by atoms with E-state index < -0.39 is 0 Å². The number of thiocarbonyl (C=S) groups is 1. The summed E-state index contributed by atoms with van der Waals surface area (Å²) < 4.78 is 4.96. The summed E-state index contributed by atoms with van der Waals surface area (Å²) in [6.07, 6.45) is 1.42. The van der Waals surface area contributed by atoms with E-state index in [1.54, 1.807) is 12.1 Å². The zero-order valence-electron chi connectivity index (χ0n) is 5.95. The number of halogens is 1. The molecule has 4 nitrogen and oxygen atoms in total. The first-order chi connectivity index (χ1) is 5.68. The largest absolute Gasteiger partial charge is 0.444 e. The van der Waals surface area contributed by atoms with Crippen LogP contribution in [0.25, 0.3) is 0 Å². The Hall–Kier alpha value is -1.07. The van der Waals surface area contributed by atoms with Crippen LogP contribution >= 0.6 is 23.8 Å². The van der Waals surface area contributed by atoms with Crippen LogP contribution in [0, 0.1) is 0 Å². The van der Waals surface area contributed by atoms with Crippen molar-refractivity contribution in [1.82, 2.24) is 5.43 Å². The van der Waals surface area contributed by atoms with Gasteiger partial charge in [0.1, 0.15) is 5.76 Å². The minimum Gasteiger partial charge on any atom is -0.444 e. The maximum atomic E-state index is 5.50. The molecule has 0 aliphatic rings. The minimum absolute atomic E-state index is 0.101. The molecule has 1 aromatic rings. The first-order valence-electron chi connectivity index (χ1n) is 3.02. The third-order valence-corrected chi connectivity index (χ3v) is 1.25. The molecule has 0 aliphatic heterocycles. The van der Waals surface area contributed by atoms with E-state index in [9.17, 15) is 0 Å². The molecule has 0 atom stereocenters. The first-order valence-corrected chi connectivity index (χ1v) is 3.81. The Kier molecular flexibility index (Phi) is 3.07. The van der Waals surface area contributed by atoms with Crippen molar-refractivity contribution in [3.8, 4) is 0 Å². The molecule has 12 heavy (non-hydrogen) atoms. The molecule has 1 aromatic heterocycles. The van der Waals surface area contributed by atoms with E-state index in [1.807, 2.05) is 0 Å². The molecule has 0 radical (unpaired) electrons. The Bertz CT molecular complexity index is 309. The summed E-state index contributed by atoms with van der Waals surface area (Å²) in [6, 6.07) is 3.29. The van der Waals surface area contributed by atoms with Gasteiger partial charge in [-0.25, -0.2) is 0 Å². The third kappa shape index (κ3) is 2.89. The summed E-state index contributed by atoms with van der Waals surface area (Å²) >= 11 is 10.0. The lowest BCUT2D eigenvalue weighted by atomic mass is 10.5. The quantitative estimate of drug-likeness (QED) is 0.429. The molecule has 0 aliphatic carbocycles. The van der Waals surface area contributed by atoms with Gasteiger partial charge in [-0.05, 0) is 36.0 Å². The van der Waals surface area contributed by atoms with Crippen molar-refractivity contribution < 1.29 is 4.42 Å². The van der Waals surface area contributed by atoms with Gasteiger partial charge in [0, 0.05) is 0 Å². The second kappa shape index (κ2) is 4.08. The predicted molar refractivity (Wildman–Crippen MR) is 51.2 cm³/mol. The van der Waals surface area contributed by atoms with Crippen LogP contribution in [0.4, 0.5) is 0 Å². The Labute approximate surface area is 79.4 Å². The first kappa shape index (κ1) is 9.02. The number of nitrogens with two attached hydrogens (primary N) is 1. The number of hydrazone groups is 1. The van der Waals surface area contributed by atoms with Crippen LogP contribution < -0.4 is 11.2 Å². The van der Waals surface area contributed by atoms with E-state index in [0.29, 0.717) is 11.0 Å². The average molecular weight is 204 g/mol. The van der Waals surface area contributed by atoms with Crippen molar-refractivity contribution in [1.29, 1.82) is 0 Å². The van der Waals surface area contributed by atoms with E-state index >= 15 is 0 Å². The molecule has 0 spiro atoms. The highest BCUT2D eigenvalue weighted by Gasteiger charge is 1.94. The fourth-order valence-corrected chi connectivity index (χ4v) is 0.762. The van der Waals surface area contributed by atoms with Gasteiger partial charge in [-0.1, -0.05) is 0 Å². The molecule has 64 valence electrons. The minimum atomic E-state index is 0.101. The summed E-state index contributed by atoms with van der Waals surface area (Å²) in [7, 11) is 0. The average Bonchev–Trinajstić information content (AvgIpc) is 2.35. The zero-order valence-corrected chi connectivity index (χ0v) is 7.52. The molecule has 3 N–H and O–H groups in total. The van der Waals surface area contributed by atoms with Crippen molar-refractivity contribution in [2.24, 2.45) is 10.8 Å². The Morgan fingerprint density at radius 1 is 1.75 bits per heavy atom. The van der Waals surface area contributed by atoms with E-state index in [-0.39, 0.29) is 5.11 Å². The number of hydrogen-bond donors (Lipinski definition) is 2. The lowest BCUT2D eigenvalue weighted by Crippen LogP contribution is -2.23. The molecule has 1 heterocycles. The number of hydrogen-bond acceptors (Lipinski definition) is 3. The zero-order chi connectivity index (χ0) is 8.97. The molecule has 6 heteroatoms. The molecule has 0 saturated heterocycles. The molecular formula is C6H6ClN3OS. The summed E-state index contributed by atoms with van der Waals surface area (Å²) in [5.41, 5.74) is 7.49. The Balaban J connectivity index is 2.52. The maximum absolute atomic E-state index is 5.50. The Morgan fingerprint density at radius 2 is 2.50 bits per heavy atom. The van der Waals surface area contributed by atoms with Gasteiger partial charge in [0.05, 0.1) is 6.21 Å². The van der Waals surface area contributed by atoms with E-state index in [2.05, 4.69) is 22.7 Å². The van der Waals surface area contributed by atoms with Crippen LogP contribution in [0.15, 0.2) is 21.7 Å². The second-order valence-electron chi connectivity index (χ2n) is 1.88. The van der Waals surface area contributed by atoms with Crippen molar-refractivity contribution in [2.75, 3.05) is 0 Å².